The molecule has 1 aromatic heterocycles. The Labute approximate surface area is 200 Å². The van der Waals surface area contributed by atoms with Gasteiger partial charge in [-0.1, -0.05) is 11.6 Å². The van der Waals surface area contributed by atoms with Gasteiger partial charge in [0.15, 0.2) is 6.04 Å². The fourth-order valence-corrected chi connectivity index (χ4v) is 3.92. The molecule has 4 rings (SSSR count). The van der Waals surface area contributed by atoms with Crippen molar-refractivity contribution in [1.82, 2.24) is 14.7 Å². The van der Waals surface area contributed by atoms with Gasteiger partial charge in [0.2, 0.25) is 0 Å². The van der Waals surface area contributed by atoms with Gasteiger partial charge in [-0.3, -0.25) is 9.48 Å². The standard InChI is InChI=1S/C22H15ClF4N6O2/c23-14-7-12(3-6-15(14)24)19-18(20(29)34)16-9-32(10-17(22(25,26)27)33(16)31-19)21(35)30-13-4-1-11(8-28)2-5-13/h1-7,17H,9-10H2,(H2,29,34)(H,30,35)/t17-/m0/s1. The van der Waals surface area contributed by atoms with Crippen LogP contribution < -0.4 is 11.1 Å². The molecule has 2 aromatic carbocycles. The van der Waals surface area contributed by atoms with E-state index in [0.717, 1.165) is 17.0 Å². The fraction of sp³-hybridized carbons (Fsp3) is 0.182. The lowest BCUT2D eigenvalue weighted by atomic mass is 10.0. The molecule has 3 amide bonds. The molecule has 1 aliphatic heterocycles. The second-order valence-electron chi connectivity index (χ2n) is 7.67. The SMILES string of the molecule is N#Cc1ccc(NC(=O)N2Cc3c(C(N)=O)c(-c4ccc(F)c(Cl)c4)nn3[C@H](C(F)(F)F)C2)cc1. The first-order valence-corrected chi connectivity index (χ1v) is 10.4. The number of nitrogens with two attached hydrogens (primary N) is 1. The smallest absolute Gasteiger partial charge is 0.365 e. The molecular weight excluding hydrogens is 492 g/mol. The summed E-state index contributed by atoms with van der Waals surface area (Å²) in [6.07, 6.45) is -4.83. The van der Waals surface area contributed by atoms with Crippen LogP contribution in [0, 0.1) is 17.1 Å². The minimum absolute atomic E-state index is 0.0848. The number of nitrogens with zero attached hydrogens (tertiary/aromatic N) is 4. The van der Waals surface area contributed by atoms with Gasteiger partial charge in [0.25, 0.3) is 5.91 Å². The van der Waals surface area contributed by atoms with E-state index in [2.05, 4.69) is 10.4 Å². The Hall–Kier alpha value is -4.11. The molecule has 0 bridgehead atoms. The van der Waals surface area contributed by atoms with Crippen LogP contribution >= 0.6 is 11.6 Å². The highest BCUT2D eigenvalue weighted by molar-refractivity contribution is 6.31. The van der Waals surface area contributed by atoms with Crippen LogP contribution in [0.4, 0.5) is 28.0 Å². The first kappa shape index (κ1) is 24.0. The quantitative estimate of drug-likeness (QED) is 0.510. The maximum atomic E-state index is 14.0. The largest absolute Gasteiger partial charge is 0.412 e. The lowest BCUT2D eigenvalue weighted by Gasteiger charge is -2.35. The van der Waals surface area contributed by atoms with Crippen molar-refractivity contribution < 1.29 is 27.2 Å². The molecule has 3 N–H and O–H groups in total. The third-order valence-corrected chi connectivity index (χ3v) is 5.70. The van der Waals surface area contributed by atoms with Gasteiger partial charge < -0.3 is 16.0 Å². The summed E-state index contributed by atoms with van der Waals surface area (Å²) in [4.78, 5) is 26.0. The predicted octanol–water partition coefficient (Wildman–Crippen LogP) is 4.46. The molecule has 0 radical (unpaired) electrons. The number of hydrogen-bond donors (Lipinski definition) is 2. The van der Waals surface area contributed by atoms with Gasteiger partial charge in [-0.25, -0.2) is 9.18 Å². The highest BCUT2D eigenvalue weighted by Gasteiger charge is 2.48. The summed E-state index contributed by atoms with van der Waals surface area (Å²) < 4.78 is 56.2. The number of anilines is 1. The van der Waals surface area contributed by atoms with Gasteiger partial charge in [0.05, 0.1) is 41.0 Å². The molecule has 0 unspecified atom stereocenters. The van der Waals surface area contributed by atoms with E-state index in [-0.39, 0.29) is 33.2 Å². The average molecular weight is 507 g/mol. The summed E-state index contributed by atoms with van der Waals surface area (Å²) in [6, 6.07) is 7.81. The molecule has 13 heteroatoms. The molecular formula is C22H15ClF4N6O2. The van der Waals surface area contributed by atoms with Crippen LogP contribution in [0.2, 0.25) is 5.02 Å². The van der Waals surface area contributed by atoms with Gasteiger partial charge in [-0.2, -0.15) is 23.5 Å². The molecule has 2 heterocycles. The monoisotopic (exact) mass is 506 g/mol. The lowest BCUT2D eigenvalue weighted by molar-refractivity contribution is -0.177. The summed E-state index contributed by atoms with van der Waals surface area (Å²) in [5.41, 5.74) is 5.40. The van der Waals surface area contributed by atoms with E-state index in [1.165, 1.54) is 30.3 Å². The van der Waals surface area contributed by atoms with Crippen LogP contribution in [-0.4, -0.2) is 39.3 Å². The van der Waals surface area contributed by atoms with Crippen LogP contribution in [0.5, 0.6) is 0 Å². The van der Waals surface area contributed by atoms with Crippen LogP contribution in [0.1, 0.15) is 27.7 Å². The third-order valence-electron chi connectivity index (χ3n) is 5.41. The topological polar surface area (TPSA) is 117 Å². The van der Waals surface area contributed by atoms with Crippen molar-refractivity contribution in [3.05, 3.63) is 70.1 Å². The van der Waals surface area contributed by atoms with E-state index in [0.29, 0.717) is 10.2 Å². The molecule has 180 valence electrons. The van der Waals surface area contributed by atoms with E-state index in [9.17, 15) is 27.2 Å². The Kier molecular flexibility index (Phi) is 6.12. The van der Waals surface area contributed by atoms with Crippen molar-refractivity contribution in [1.29, 1.82) is 5.26 Å². The minimum Gasteiger partial charge on any atom is -0.365 e. The summed E-state index contributed by atoms with van der Waals surface area (Å²) in [7, 11) is 0. The number of primary amides is 1. The van der Waals surface area contributed by atoms with E-state index in [1.807, 2.05) is 6.07 Å². The second kappa shape index (κ2) is 8.92. The number of benzene rings is 2. The third kappa shape index (κ3) is 4.63. The first-order chi connectivity index (χ1) is 16.5. The van der Waals surface area contributed by atoms with Crippen LogP contribution in [0.15, 0.2) is 42.5 Å². The van der Waals surface area contributed by atoms with Gasteiger partial charge in [-0.05, 0) is 42.5 Å². The number of alkyl halides is 3. The molecule has 1 aliphatic rings. The van der Waals surface area contributed by atoms with Crippen LogP contribution in [0.3, 0.4) is 0 Å². The van der Waals surface area contributed by atoms with Gasteiger partial charge in [0.1, 0.15) is 11.5 Å². The maximum Gasteiger partial charge on any atom is 0.412 e. The number of hydrogen-bond acceptors (Lipinski definition) is 4. The minimum atomic E-state index is -4.83. The number of amides is 3. The number of halogens is 5. The van der Waals surface area contributed by atoms with Gasteiger partial charge >= 0.3 is 12.2 Å². The fourth-order valence-electron chi connectivity index (χ4n) is 3.74. The maximum absolute atomic E-state index is 14.0. The molecule has 1 atom stereocenters. The summed E-state index contributed by atoms with van der Waals surface area (Å²) in [5.74, 6) is -1.84. The van der Waals surface area contributed by atoms with Crippen molar-refractivity contribution in [3.63, 3.8) is 0 Å². The van der Waals surface area contributed by atoms with E-state index in [1.54, 1.807) is 0 Å². The number of carbonyl (C=O) groups is 2. The lowest BCUT2D eigenvalue weighted by Crippen LogP contribution is -2.48. The van der Waals surface area contributed by atoms with Crippen molar-refractivity contribution in [3.8, 4) is 17.3 Å². The van der Waals surface area contributed by atoms with Crippen molar-refractivity contribution in [2.75, 3.05) is 11.9 Å². The Bertz CT molecular complexity index is 1360. The zero-order valence-corrected chi connectivity index (χ0v) is 18.4. The number of urea groups is 1. The molecule has 0 fully saturated rings. The zero-order chi connectivity index (χ0) is 25.5. The Balaban J connectivity index is 1.76. The molecule has 35 heavy (non-hydrogen) atoms. The first-order valence-electron chi connectivity index (χ1n) is 9.99. The Morgan fingerprint density at radius 3 is 2.46 bits per heavy atom. The summed E-state index contributed by atoms with van der Waals surface area (Å²) in [6.45, 7) is -1.20. The Morgan fingerprint density at radius 2 is 1.89 bits per heavy atom. The van der Waals surface area contributed by atoms with E-state index < -0.39 is 43.1 Å². The number of carbonyl (C=O) groups excluding carboxylic acids is 2. The van der Waals surface area contributed by atoms with Crippen molar-refractivity contribution in [2.45, 2.75) is 18.8 Å². The van der Waals surface area contributed by atoms with E-state index >= 15 is 0 Å². The molecule has 0 saturated heterocycles. The van der Waals surface area contributed by atoms with Crippen LogP contribution in [-0.2, 0) is 6.54 Å². The van der Waals surface area contributed by atoms with Gasteiger partial charge in [0, 0.05) is 11.3 Å². The molecule has 0 aliphatic carbocycles. The second-order valence-corrected chi connectivity index (χ2v) is 8.07. The van der Waals surface area contributed by atoms with Crippen molar-refractivity contribution >= 4 is 29.2 Å². The molecule has 0 saturated carbocycles. The number of rotatable bonds is 3. The normalized spacial score (nSPS) is 15.3. The van der Waals surface area contributed by atoms with E-state index in [4.69, 9.17) is 22.6 Å². The molecule has 8 nitrogen and oxygen atoms in total. The van der Waals surface area contributed by atoms with Crippen molar-refractivity contribution in [2.24, 2.45) is 5.73 Å². The number of nitriles is 1. The number of fused-ring (bicyclic) bond motifs is 1. The van der Waals surface area contributed by atoms with Gasteiger partial charge in [-0.15, -0.1) is 0 Å². The average Bonchev–Trinajstić information content (AvgIpc) is 3.19. The Morgan fingerprint density at radius 1 is 1.20 bits per heavy atom. The molecule has 0 spiro atoms. The summed E-state index contributed by atoms with van der Waals surface area (Å²) in [5, 5.41) is 15.0. The predicted molar refractivity (Wildman–Crippen MR) is 117 cm³/mol. The zero-order valence-electron chi connectivity index (χ0n) is 17.6. The molecule has 3 aromatic rings. The highest BCUT2D eigenvalue weighted by atomic mass is 35.5. The highest BCUT2D eigenvalue weighted by Crippen LogP contribution is 2.39. The number of nitrogens with one attached hydrogen (secondary N) is 1. The van der Waals surface area contributed by atoms with Crippen LogP contribution in [0.25, 0.3) is 11.3 Å². The number of aromatic nitrogens is 2. The summed E-state index contributed by atoms with van der Waals surface area (Å²) >= 11 is 5.80.